The van der Waals surface area contributed by atoms with Crippen molar-refractivity contribution in [2.24, 2.45) is 5.92 Å². The normalized spacial score (nSPS) is 23.4. The summed E-state index contributed by atoms with van der Waals surface area (Å²) in [5, 5.41) is 2.29. The van der Waals surface area contributed by atoms with Gasteiger partial charge in [-0.25, -0.2) is 5.43 Å². The lowest BCUT2D eigenvalue weighted by Crippen LogP contribution is -2.35. The molecule has 28 heavy (non-hydrogen) atoms. The zero-order valence-corrected chi connectivity index (χ0v) is 16.3. The third-order valence-electron chi connectivity index (χ3n) is 5.87. The van der Waals surface area contributed by atoms with E-state index >= 15 is 0 Å². The molecule has 0 bridgehead atoms. The average Bonchev–Trinajstić information content (AvgIpc) is 3.14. The van der Waals surface area contributed by atoms with Gasteiger partial charge in [0.15, 0.2) is 0 Å². The minimum absolute atomic E-state index is 0.184. The van der Waals surface area contributed by atoms with E-state index in [1.54, 1.807) is 0 Å². The van der Waals surface area contributed by atoms with Gasteiger partial charge in [-0.1, -0.05) is 79.8 Å². The number of nitrogens with one attached hydrogen (secondary N) is 1. The monoisotopic (exact) mass is 366 g/mol. The van der Waals surface area contributed by atoms with Gasteiger partial charge >= 0.3 is 0 Å². The molecule has 0 saturated carbocycles. The topological polar surface area (TPSA) is 15.3 Å². The molecule has 0 amide bonds. The summed E-state index contributed by atoms with van der Waals surface area (Å²) in [6.07, 6.45) is 16.9. The van der Waals surface area contributed by atoms with Crippen molar-refractivity contribution in [2.45, 2.75) is 32.2 Å². The van der Waals surface area contributed by atoms with E-state index in [-0.39, 0.29) is 6.04 Å². The van der Waals surface area contributed by atoms with Crippen molar-refractivity contribution in [3.05, 3.63) is 107 Å². The van der Waals surface area contributed by atoms with Gasteiger partial charge in [0.05, 0.1) is 11.7 Å². The number of hydrogen-bond acceptors (Lipinski definition) is 2. The number of rotatable bonds is 3. The number of benzene rings is 2. The zero-order valence-electron chi connectivity index (χ0n) is 16.3. The second-order valence-electron chi connectivity index (χ2n) is 7.94. The molecule has 1 N–H and O–H groups in total. The van der Waals surface area contributed by atoms with Gasteiger partial charge in [0.25, 0.3) is 0 Å². The van der Waals surface area contributed by atoms with Crippen molar-refractivity contribution in [1.29, 1.82) is 0 Å². The highest BCUT2D eigenvalue weighted by molar-refractivity contribution is 5.75. The molecule has 3 aliphatic rings. The Morgan fingerprint density at radius 3 is 2.64 bits per heavy atom. The molecule has 2 aromatic carbocycles. The van der Waals surface area contributed by atoms with E-state index in [0.29, 0.717) is 5.92 Å². The van der Waals surface area contributed by atoms with Crippen LogP contribution in [0, 0.1) is 5.92 Å². The fourth-order valence-electron chi connectivity index (χ4n) is 4.38. The lowest BCUT2D eigenvalue weighted by Gasteiger charge is -2.27. The first-order valence-corrected chi connectivity index (χ1v) is 10.3. The lowest BCUT2D eigenvalue weighted by molar-refractivity contribution is 0.603. The highest BCUT2D eigenvalue weighted by Gasteiger charge is 2.31. The maximum Gasteiger partial charge on any atom is 0.0787 e. The molecule has 0 spiro atoms. The Labute approximate surface area is 167 Å². The van der Waals surface area contributed by atoms with Gasteiger partial charge < -0.3 is 0 Å². The molecule has 140 valence electrons. The lowest BCUT2D eigenvalue weighted by atomic mass is 9.95. The molecule has 1 heterocycles. The minimum Gasteiger partial charge on any atom is -0.280 e. The molecular formula is C26H26N2. The molecule has 2 aliphatic carbocycles. The predicted molar refractivity (Wildman–Crippen MR) is 118 cm³/mol. The van der Waals surface area contributed by atoms with Crippen LogP contribution in [-0.4, -0.2) is 0 Å². The van der Waals surface area contributed by atoms with Crippen molar-refractivity contribution in [2.75, 3.05) is 5.01 Å². The third kappa shape index (κ3) is 3.14. The van der Waals surface area contributed by atoms with Gasteiger partial charge in [0.1, 0.15) is 0 Å². The Morgan fingerprint density at radius 1 is 1.00 bits per heavy atom. The second-order valence-corrected chi connectivity index (χ2v) is 7.94. The Hall–Kier alpha value is -2.84. The van der Waals surface area contributed by atoms with Crippen molar-refractivity contribution < 1.29 is 0 Å². The van der Waals surface area contributed by atoms with Crippen molar-refractivity contribution in [3.8, 4) is 0 Å². The Bertz CT molecular complexity index is 991. The average molecular weight is 367 g/mol. The molecule has 2 nitrogen and oxygen atoms in total. The summed E-state index contributed by atoms with van der Waals surface area (Å²) in [7, 11) is 0. The van der Waals surface area contributed by atoms with E-state index in [9.17, 15) is 0 Å². The summed E-state index contributed by atoms with van der Waals surface area (Å²) < 4.78 is 0. The van der Waals surface area contributed by atoms with E-state index in [0.717, 1.165) is 19.3 Å². The van der Waals surface area contributed by atoms with Crippen LogP contribution in [0.4, 0.5) is 5.69 Å². The molecule has 2 heteroatoms. The summed E-state index contributed by atoms with van der Waals surface area (Å²) in [6.45, 7) is 2.27. The van der Waals surface area contributed by atoms with E-state index in [2.05, 4.69) is 102 Å². The van der Waals surface area contributed by atoms with Crippen LogP contribution in [0.25, 0.3) is 5.57 Å². The first-order valence-electron chi connectivity index (χ1n) is 10.3. The Kier molecular flexibility index (Phi) is 4.50. The predicted octanol–water partition coefficient (Wildman–Crippen LogP) is 6.31. The maximum absolute atomic E-state index is 3.76. The number of allylic oxidation sites excluding steroid dienone is 8. The number of para-hydroxylation sites is 1. The summed E-state index contributed by atoms with van der Waals surface area (Å²) in [5.41, 5.74) is 11.7. The maximum atomic E-state index is 3.76. The molecule has 0 radical (unpaired) electrons. The van der Waals surface area contributed by atoms with Crippen LogP contribution in [0.15, 0.2) is 90.7 Å². The molecule has 2 aromatic rings. The summed E-state index contributed by atoms with van der Waals surface area (Å²) in [4.78, 5) is 0. The molecule has 5 rings (SSSR count). The smallest absolute Gasteiger partial charge is 0.0787 e. The molecule has 2 atom stereocenters. The molecular weight excluding hydrogens is 340 g/mol. The first-order chi connectivity index (χ1) is 13.8. The number of anilines is 1. The van der Waals surface area contributed by atoms with E-state index < -0.39 is 0 Å². The highest BCUT2D eigenvalue weighted by Crippen LogP contribution is 2.40. The van der Waals surface area contributed by atoms with Gasteiger partial charge in [0, 0.05) is 11.3 Å². The Morgan fingerprint density at radius 2 is 1.86 bits per heavy atom. The fourth-order valence-corrected chi connectivity index (χ4v) is 4.38. The molecule has 0 aromatic heterocycles. The Balaban J connectivity index is 1.46. The van der Waals surface area contributed by atoms with Crippen LogP contribution in [-0.2, 0) is 0 Å². The van der Waals surface area contributed by atoms with Gasteiger partial charge in [0.2, 0.25) is 0 Å². The van der Waals surface area contributed by atoms with Gasteiger partial charge in [-0.05, 0) is 54.0 Å². The molecule has 0 saturated heterocycles. The van der Waals surface area contributed by atoms with Crippen LogP contribution >= 0.6 is 0 Å². The largest absolute Gasteiger partial charge is 0.280 e. The number of fused-ring (bicyclic) bond motifs is 1. The molecule has 1 unspecified atom stereocenters. The van der Waals surface area contributed by atoms with Crippen molar-refractivity contribution >= 4 is 11.3 Å². The summed E-state index contributed by atoms with van der Waals surface area (Å²) >= 11 is 0. The number of nitrogens with zero attached hydrogens (tertiary/aromatic N) is 1. The first kappa shape index (κ1) is 17.3. The van der Waals surface area contributed by atoms with Crippen LogP contribution in [0.2, 0.25) is 0 Å². The van der Waals surface area contributed by atoms with E-state index in [1.165, 1.54) is 33.6 Å². The number of hydrazine groups is 1. The summed E-state index contributed by atoms with van der Waals surface area (Å²) in [5.74, 6) is 0.573. The zero-order chi connectivity index (χ0) is 18.9. The second kappa shape index (κ2) is 7.29. The van der Waals surface area contributed by atoms with Gasteiger partial charge in [-0.2, -0.15) is 0 Å². The van der Waals surface area contributed by atoms with Gasteiger partial charge in [-0.3, -0.25) is 5.01 Å². The quantitative estimate of drug-likeness (QED) is 0.684. The molecule has 1 aliphatic heterocycles. The number of hydrogen-bond donors (Lipinski definition) is 1. The van der Waals surface area contributed by atoms with Crippen LogP contribution in [0.3, 0.4) is 0 Å². The standard InChI is InChI=1S/C26H26N2/c1-19-8-7-11-23(18-19)28-25-13-6-5-12-24(25)26(27-28)22-16-14-21(15-17-22)20-9-3-2-4-10-20/h3,5-17,19,26-27H,2,4,18H2,1H3/t19-,26?/m1/s1. The SMILES string of the molecule is C[C@@H]1C=CC=C(N2NC(c3ccc(C4=CCCC=C4)cc3)c3ccccc32)C1. The van der Waals surface area contributed by atoms with Gasteiger partial charge in [-0.15, -0.1) is 0 Å². The van der Waals surface area contributed by atoms with E-state index in [1.807, 2.05) is 0 Å². The van der Waals surface area contributed by atoms with Crippen LogP contribution in [0.1, 0.15) is 48.9 Å². The summed E-state index contributed by atoms with van der Waals surface area (Å²) in [6, 6.07) is 18.0. The highest BCUT2D eigenvalue weighted by atomic mass is 15.5. The van der Waals surface area contributed by atoms with E-state index in [4.69, 9.17) is 0 Å². The van der Waals surface area contributed by atoms with Crippen LogP contribution < -0.4 is 10.4 Å². The van der Waals surface area contributed by atoms with Crippen LogP contribution in [0.5, 0.6) is 0 Å². The third-order valence-corrected chi connectivity index (χ3v) is 5.87. The minimum atomic E-state index is 0.184. The fraction of sp³-hybridized carbons (Fsp3) is 0.231. The van der Waals surface area contributed by atoms with Crippen molar-refractivity contribution in [1.82, 2.24) is 5.43 Å². The molecule has 0 fully saturated rings. The van der Waals surface area contributed by atoms with Crippen molar-refractivity contribution in [3.63, 3.8) is 0 Å².